The molecule has 0 bridgehead atoms. The fraction of sp³-hybridized carbons (Fsp3) is 0.643. The fourth-order valence-electron chi connectivity index (χ4n) is 1.99. The predicted octanol–water partition coefficient (Wildman–Crippen LogP) is 2.73. The fourth-order valence-corrected chi connectivity index (χ4v) is 3.00. The zero-order valence-corrected chi connectivity index (χ0v) is 13.7. The first-order valence-electron chi connectivity index (χ1n) is 6.92. The molecular formula is C14H23N5S. The average molecular weight is 293 g/mol. The lowest BCUT2D eigenvalue weighted by molar-refractivity contribution is 0.393. The van der Waals surface area contributed by atoms with Gasteiger partial charge in [-0.05, 0) is 57.2 Å². The predicted molar refractivity (Wildman–Crippen MR) is 81.9 cm³/mol. The molecule has 1 N–H and O–H groups in total. The van der Waals surface area contributed by atoms with Crippen molar-refractivity contribution in [3.05, 3.63) is 27.7 Å². The maximum absolute atomic E-state index is 4.14. The van der Waals surface area contributed by atoms with Crippen molar-refractivity contribution in [1.29, 1.82) is 0 Å². The molecule has 0 aliphatic heterocycles. The molecule has 0 spiro atoms. The van der Waals surface area contributed by atoms with Gasteiger partial charge in [0.15, 0.2) is 5.82 Å². The molecule has 0 amide bonds. The van der Waals surface area contributed by atoms with E-state index in [0.717, 1.165) is 12.2 Å². The highest BCUT2D eigenvalue weighted by atomic mass is 32.1. The Labute approximate surface area is 124 Å². The van der Waals surface area contributed by atoms with Crippen LogP contribution in [-0.2, 0) is 13.0 Å². The van der Waals surface area contributed by atoms with Gasteiger partial charge in [0.2, 0.25) is 0 Å². The summed E-state index contributed by atoms with van der Waals surface area (Å²) in [5, 5.41) is 15.5. The van der Waals surface area contributed by atoms with E-state index in [1.54, 1.807) is 0 Å². The SMILES string of the molecule is Cc1ccc(CC(C)n2nnnc2CNC(C)(C)C)s1. The lowest BCUT2D eigenvalue weighted by Gasteiger charge is -2.20. The summed E-state index contributed by atoms with van der Waals surface area (Å²) in [5.41, 5.74) is 0.0604. The molecule has 5 nitrogen and oxygen atoms in total. The maximum atomic E-state index is 4.14. The number of hydrogen-bond donors (Lipinski definition) is 1. The van der Waals surface area contributed by atoms with Crippen molar-refractivity contribution in [3.63, 3.8) is 0 Å². The van der Waals surface area contributed by atoms with E-state index < -0.39 is 0 Å². The number of aromatic nitrogens is 4. The Bertz CT molecular complexity index is 552. The molecule has 2 aromatic heterocycles. The monoisotopic (exact) mass is 293 g/mol. The van der Waals surface area contributed by atoms with Crippen molar-refractivity contribution in [2.75, 3.05) is 0 Å². The Kier molecular flexibility index (Phi) is 4.55. The molecule has 1 atom stereocenters. The van der Waals surface area contributed by atoms with E-state index in [1.807, 2.05) is 16.0 Å². The molecule has 1 unspecified atom stereocenters. The summed E-state index contributed by atoms with van der Waals surface area (Å²) in [6.07, 6.45) is 0.964. The maximum Gasteiger partial charge on any atom is 0.165 e. The van der Waals surface area contributed by atoms with Gasteiger partial charge >= 0.3 is 0 Å². The average Bonchev–Trinajstić information content (AvgIpc) is 2.94. The van der Waals surface area contributed by atoms with Crippen LogP contribution in [0.4, 0.5) is 0 Å². The first-order chi connectivity index (χ1) is 9.35. The Morgan fingerprint density at radius 1 is 1.35 bits per heavy atom. The van der Waals surface area contributed by atoms with Gasteiger partial charge < -0.3 is 5.32 Å². The van der Waals surface area contributed by atoms with Gasteiger partial charge in [-0.15, -0.1) is 16.4 Å². The minimum Gasteiger partial charge on any atom is -0.305 e. The third kappa shape index (κ3) is 4.11. The first kappa shape index (κ1) is 15.1. The summed E-state index contributed by atoms with van der Waals surface area (Å²) >= 11 is 1.84. The van der Waals surface area contributed by atoms with E-state index >= 15 is 0 Å². The Morgan fingerprint density at radius 3 is 2.70 bits per heavy atom. The second kappa shape index (κ2) is 6.01. The van der Waals surface area contributed by atoms with E-state index in [-0.39, 0.29) is 11.6 Å². The lowest BCUT2D eigenvalue weighted by atomic mass is 10.1. The van der Waals surface area contributed by atoms with Crippen molar-refractivity contribution in [2.45, 2.75) is 59.2 Å². The van der Waals surface area contributed by atoms with Gasteiger partial charge in [-0.25, -0.2) is 4.68 Å². The molecule has 2 heterocycles. The Hall–Kier alpha value is -1.27. The topological polar surface area (TPSA) is 55.6 Å². The summed E-state index contributed by atoms with van der Waals surface area (Å²) in [7, 11) is 0. The largest absolute Gasteiger partial charge is 0.305 e. The van der Waals surface area contributed by atoms with Crippen LogP contribution in [0.2, 0.25) is 0 Å². The second-order valence-corrected chi connectivity index (χ2v) is 7.58. The van der Waals surface area contributed by atoms with Crippen LogP contribution in [0.3, 0.4) is 0 Å². The Balaban J connectivity index is 2.03. The van der Waals surface area contributed by atoms with Crippen molar-refractivity contribution < 1.29 is 0 Å². The van der Waals surface area contributed by atoms with Crippen LogP contribution in [-0.4, -0.2) is 25.7 Å². The highest BCUT2D eigenvalue weighted by Gasteiger charge is 2.16. The van der Waals surface area contributed by atoms with Gasteiger partial charge in [-0.2, -0.15) is 0 Å². The lowest BCUT2D eigenvalue weighted by Crippen LogP contribution is -2.36. The molecule has 110 valence electrons. The highest BCUT2D eigenvalue weighted by Crippen LogP contribution is 2.21. The molecule has 2 rings (SSSR count). The minimum absolute atomic E-state index is 0.0604. The summed E-state index contributed by atoms with van der Waals surface area (Å²) in [6, 6.07) is 4.61. The third-order valence-electron chi connectivity index (χ3n) is 3.05. The number of thiophene rings is 1. The first-order valence-corrected chi connectivity index (χ1v) is 7.74. The quantitative estimate of drug-likeness (QED) is 0.921. The van der Waals surface area contributed by atoms with Gasteiger partial charge in [-0.3, -0.25) is 0 Å². The second-order valence-electron chi connectivity index (χ2n) is 6.21. The van der Waals surface area contributed by atoms with Crippen molar-refractivity contribution in [2.24, 2.45) is 0 Å². The van der Waals surface area contributed by atoms with Crippen molar-refractivity contribution in [3.8, 4) is 0 Å². The van der Waals surface area contributed by atoms with Crippen LogP contribution in [0.25, 0.3) is 0 Å². The summed E-state index contributed by atoms with van der Waals surface area (Å²) < 4.78 is 1.92. The normalized spacial score (nSPS) is 13.7. The molecule has 0 aliphatic rings. The molecule has 0 saturated carbocycles. The van der Waals surface area contributed by atoms with Crippen LogP contribution in [0.15, 0.2) is 12.1 Å². The molecule has 0 radical (unpaired) electrons. The number of hydrogen-bond acceptors (Lipinski definition) is 5. The van der Waals surface area contributed by atoms with Gasteiger partial charge in [0.05, 0.1) is 12.6 Å². The Morgan fingerprint density at radius 2 is 2.10 bits per heavy atom. The van der Waals surface area contributed by atoms with E-state index in [9.17, 15) is 0 Å². The van der Waals surface area contributed by atoms with Gasteiger partial charge in [0.25, 0.3) is 0 Å². The van der Waals surface area contributed by atoms with Crippen LogP contribution in [0, 0.1) is 6.92 Å². The van der Waals surface area contributed by atoms with E-state index in [4.69, 9.17) is 0 Å². The number of nitrogens with zero attached hydrogens (tertiary/aromatic N) is 4. The molecule has 20 heavy (non-hydrogen) atoms. The number of rotatable bonds is 5. The van der Waals surface area contributed by atoms with E-state index in [1.165, 1.54) is 9.75 Å². The van der Waals surface area contributed by atoms with Crippen LogP contribution < -0.4 is 5.32 Å². The summed E-state index contributed by atoms with van der Waals surface area (Å²) in [6.45, 7) is 11.4. The minimum atomic E-state index is 0.0604. The zero-order chi connectivity index (χ0) is 14.8. The summed E-state index contributed by atoms with van der Waals surface area (Å²) in [4.78, 5) is 2.72. The van der Waals surface area contributed by atoms with E-state index in [0.29, 0.717) is 6.54 Å². The number of tetrazole rings is 1. The molecule has 0 aromatic carbocycles. The van der Waals surface area contributed by atoms with Crippen molar-refractivity contribution >= 4 is 11.3 Å². The molecule has 0 saturated heterocycles. The number of aryl methyl sites for hydroxylation is 1. The smallest absolute Gasteiger partial charge is 0.165 e. The molecule has 0 aliphatic carbocycles. The number of nitrogens with one attached hydrogen (secondary N) is 1. The van der Waals surface area contributed by atoms with Crippen LogP contribution >= 0.6 is 11.3 Å². The van der Waals surface area contributed by atoms with Crippen LogP contribution in [0.5, 0.6) is 0 Å². The molecule has 0 fully saturated rings. The molecule has 6 heteroatoms. The molecule has 2 aromatic rings. The highest BCUT2D eigenvalue weighted by molar-refractivity contribution is 7.11. The zero-order valence-electron chi connectivity index (χ0n) is 12.8. The molecular weight excluding hydrogens is 270 g/mol. The van der Waals surface area contributed by atoms with Crippen LogP contribution in [0.1, 0.15) is 49.3 Å². The van der Waals surface area contributed by atoms with Gasteiger partial charge in [-0.1, -0.05) is 0 Å². The standard InChI is InChI=1S/C14H23N5S/c1-10(8-12-7-6-11(2)20-12)19-13(16-17-18-19)9-15-14(3,4)5/h6-7,10,15H,8-9H2,1-5H3. The van der Waals surface area contributed by atoms with Crippen molar-refractivity contribution in [1.82, 2.24) is 25.5 Å². The van der Waals surface area contributed by atoms with E-state index in [2.05, 4.69) is 67.6 Å². The third-order valence-corrected chi connectivity index (χ3v) is 4.07. The summed E-state index contributed by atoms with van der Waals surface area (Å²) in [5.74, 6) is 0.890. The van der Waals surface area contributed by atoms with Gasteiger partial charge in [0.1, 0.15) is 0 Å². The van der Waals surface area contributed by atoms with Gasteiger partial charge in [0, 0.05) is 21.7 Å².